The molecule has 0 aromatic heterocycles. The van der Waals surface area contributed by atoms with Crippen LogP contribution in [0.1, 0.15) is 53.6 Å². The van der Waals surface area contributed by atoms with Crippen LogP contribution >= 0.6 is 11.8 Å². The van der Waals surface area contributed by atoms with E-state index >= 15 is 0 Å². The summed E-state index contributed by atoms with van der Waals surface area (Å²) >= 11 is 1.79. The molecule has 0 radical (unpaired) electrons. The quantitative estimate of drug-likeness (QED) is 0.170. The highest BCUT2D eigenvalue weighted by Crippen LogP contribution is 2.44. The van der Waals surface area contributed by atoms with Crippen molar-refractivity contribution in [3.63, 3.8) is 0 Å². The van der Waals surface area contributed by atoms with Gasteiger partial charge in [-0.3, -0.25) is 9.59 Å². The van der Waals surface area contributed by atoms with E-state index in [9.17, 15) is 19.5 Å². The predicted molar refractivity (Wildman–Crippen MR) is 189 cm³/mol. The van der Waals surface area contributed by atoms with Crippen molar-refractivity contribution >= 4 is 59.8 Å². The highest BCUT2D eigenvalue weighted by Gasteiger charge is 2.43. The minimum absolute atomic E-state index is 0.0274. The first-order chi connectivity index (χ1) is 21.9. The molecule has 1 heterocycles. The average Bonchev–Trinajstić information content (AvgIpc) is 3.02. The zero-order valence-electron chi connectivity index (χ0n) is 27.5. The summed E-state index contributed by atoms with van der Waals surface area (Å²) in [5.74, 6) is -0.326. The lowest BCUT2D eigenvalue weighted by molar-refractivity contribution is -0.462. The maximum absolute atomic E-state index is 12.4. The van der Waals surface area contributed by atoms with E-state index in [4.69, 9.17) is 5.11 Å². The lowest BCUT2D eigenvalue weighted by Gasteiger charge is -2.41. The number of fused-ring (bicyclic) bond motifs is 2. The fourth-order valence-electron chi connectivity index (χ4n) is 6.14. The number of carboxylic acid groups (broad SMARTS) is 2. The van der Waals surface area contributed by atoms with Crippen molar-refractivity contribution in [2.45, 2.75) is 44.7 Å². The summed E-state index contributed by atoms with van der Waals surface area (Å²) in [4.78, 5) is 37.5. The fourth-order valence-corrected chi connectivity index (χ4v) is 12.2. The molecule has 0 spiro atoms. The Morgan fingerprint density at radius 1 is 0.978 bits per heavy atom. The minimum atomic E-state index is -2.37. The summed E-state index contributed by atoms with van der Waals surface area (Å²) in [6.45, 7) is 2.99. The average molecular weight is 660 g/mol. The van der Waals surface area contributed by atoms with Crippen molar-refractivity contribution in [3.8, 4) is 0 Å². The van der Waals surface area contributed by atoms with Crippen LogP contribution in [0.3, 0.4) is 0 Å². The number of rotatable bonds is 15. The Labute approximate surface area is 277 Å². The molecule has 1 unspecified atom stereocenters. The molecular formula is C36H45N3O5SSi. The summed E-state index contributed by atoms with van der Waals surface area (Å²) in [5, 5.41) is 26.6. The van der Waals surface area contributed by atoms with Crippen LogP contribution in [0.25, 0.3) is 5.57 Å². The Morgan fingerprint density at radius 2 is 1.74 bits per heavy atom. The maximum Gasteiger partial charge on any atom is 0.303 e. The number of unbranched alkanes of at least 4 members (excludes halogenated alkanes) is 2. The van der Waals surface area contributed by atoms with Crippen LogP contribution in [-0.4, -0.2) is 87.6 Å². The van der Waals surface area contributed by atoms with Gasteiger partial charge < -0.3 is 25.2 Å². The number of anilines is 1. The fraction of sp³-hybridized carbons (Fsp3) is 0.389. The van der Waals surface area contributed by atoms with Gasteiger partial charge in [0.2, 0.25) is 5.91 Å². The molecule has 1 aliphatic heterocycles. The van der Waals surface area contributed by atoms with E-state index in [-0.39, 0.29) is 17.9 Å². The molecule has 244 valence electrons. The summed E-state index contributed by atoms with van der Waals surface area (Å²) in [6, 6.07) is 14.6. The number of thioether (sulfide) groups is 1. The second-order valence-electron chi connectivity index (χ2n) is 12.5. The van der Waals surface area contributed by atoms with Crippen molar-refractivity contribution < 1.29 is 29.2 Å². The largest absolute Gasteiger partial charge is 0.545 e. The molecule has 0 saturated heterocycles. The minimum Gasteiger partial charge on any atom is -0.545 e. The molecule has 1 aliphatic carbocycles. The van der Waals surface area contributed by atoms with E-state index in [0.29, 0.717) is 24.9 Å². The SMILES string of the molecule is CN(C)c1ccc2c(c1)[Si](C)(CCSCCC(=O)NCCCCCC(=O)O)C1=CC(=[N+](C)C)C=CC1=C2c1ccccc1C(=O)[O-]. The monoisotopic (exact) mass is 659 g/mol. The lowest BCUT2D eigenvalue weighted by Crippen LogP contribution is -2.52. The van der Waals surface area contributed by atoms with Gasteiger partial charge in [-0.05, 0) is 75.5 Å². The molecule has 10 heteroatoms. The topological polar surface area (TPSA) is 113 Å². The number of hydrogen-bond donors (Lipinski definition) is 2. The molecule has 0 saturated carbocycles. The van der Waals surface area contributed by atoms with Gasteiger partial charge in [0, 0.05) is 62.6 Å². The molecule has 2 aromatic carbocycles. The van der Waals surface area contributed by atoms with Crippen LogP contribution in [0.4, 0.5) is 5.69 Å². The number of aromatic carboxylic acids is 1. The molecule has 1 atom stereocenters. The van der Waals surface area contributed by atoms with Crippen molar-refractivity contribution in [2.75, 3.05) is 51.1 Å². The van der Waals surface area contributed by atoms with Crippen molar-refractivity contribution in [3.05, 3.63) is 88.2 Å². The first-order valence-corrected chi connectivity index (χ1v) is 19.7. The lowest BCUT2D eigenvalue weighted by atomic mass is 9.87. The normalized spacial score (nSPS) is 16.8. The molecule has 8 nitrogen and oxygen atoms in total. The summed E-state index contributed by atoms with van der Waals surface area (Å²) in [5.41, 5.74) is 6.13. The number of nitrogens with zero attached hydrogens (tertiary/aromatic N) is 2. The molecule has 0 fully saturated rings. The Hall–Kier alpha value is -3.89. The zero-order chi connectivity index (χ0) is 33.4. The van der Waals surface area contributed by atoms with Gasteiger partial charge in [-0.2, -0.15) is 11.8 Å². The zero-order valence-corrected chi connectivity index (χ0v) is 29.3. The number of nitrogens with one attached hydrogen (secondary N) is 1. The number of carbonyl (C=O) groups is 3. The molecule has 2 aromatic rings. The molecule has 4 rings (SSSR count). The van der Waals surface area contributed by atoms with Gasteiger partial charge in [0.1, 0.15) is 22.2 Å². The van der Waals surface area contributed by atoms with Gasteiger partial charge >= 0.3 is 5.97 Å². The van der Waals surface area contributed by atoms with Crippen LogP contribution in [-0.2, 0) is 9.59 Å². The van der Waals surface area contributed by atoms with E-state index in [2.05, 4.69) is 57.8 Å². The molecule has 46 heavy (non-hydrogen) atoms. The molecule has 2 aliphatic rings. The Kier molecular flexibility index (Phi) is 11.9. The number of carbonyl (C=O) groups excluding carboxylic acids is 2. The summed E-state index contributed by atoms with van der Waals surface area (Å²) < 4.78 is 2.11. The number of aliphatic carboxylic acids is 1. The summed E-state index contributed by atoms with van der Waals surface area (Å²) in [6.07, 6.45) is 9.36. The number of benzene rings is 2. The Balaban J connectivity index is 1.61. The highest BCUT2D eigenvalue weighted by molar-refractivity contribution is 7.99. The van der Waals surface area contributed by atoms with Gasteiger partial charge in [-0.15, -0.1) is 0 Å². The van der Waals surface area contributed by atoms with Crippen LogP contribution in [0.5, 0.6) is 0 Å². The first-order valence-electron chi connectivity index (χ1n) is 15.8. The van der Waals surface area contributed by atoms with Gasteiger partial charge in [-0.25, -0.2) is 4.58 Å². The maximum atomic E-state index is 12.4. The second kappa shape index (κ2) is 15.6. The van der Waals surface area contributed by atoms with E-state index in [1.165, 1.54) is 10.4 Å². The Morgan fingerprint density at radius 3 is 2.43 bits per heavy atom. The van der Waals surface area contributed by atoms with E-state index < -0.39 is 20.0 Å². The van der Waals surface area contributed by atoms with Crippen LogP contribution in [0, 0.1) is 0 Å². The first kappa shape index (κ1) is 35.0. The smallest absolute Gasteiger partial charge is 0.303 e. The van der Waals surface area contributed by atoms with Gasteiger partial charge in [0.15, 0.2) is 5.71 Å². The van der Waals surface area contributed by atoms with Gasteiger partial charge in [-0.1, -0.05) is 43.3 Å². The molecule has 1 amide bonds. The predicted octanol–water partition coefficient (Wildman–Crippen LogP) is 3.85. The van der Waals surface area contributed by atoms with Gasteiger partial charge in [0.05, 0.1) is 5.97 Å². The van der Waals surface area contributed by atoms with Crippen molar-refractivity contribution in [1.29, 1.82) is 0 Å². The number of allylic oxidation sites excluding steroid dienone is 5. The van der Waals surface area contributed by atoms with E-state index in [0.717, 1.165) is 58.5 Å². The Bertz CT molecular complexity index is 1620. The van der Waals surface area contributed by atoms with E-state index in [1.807, 2.05) is 40.3 Å². The molecule has 0 bridgehead atoms. The second-order valence-corrected chi connectivity index (χ2v) is 17.9. The van der Waals surface area contributed by atoms with Crippen molar-refractivity contribution in [1.82, 2.24) is 5.32 Å². The van der Waals surface area contributed by atoms with Crippen LogP contribution in [0.2, 0.25) is 12.6 Å². The third-order valence-electron chi connectivity index (χ3n) is 8.79. The third kappa shape index (κ3) is 8.08. The van der Waals surface area contributed by atoms with Gasteiger partial charge in [0.25, 0.3) is 0 Å². The molecule has 2 N–H and O–H groups in total. The highest BCUT2D eigenvalue weighted by atomic mass is 32.2. The number of carboxylic acids is 2. The van der Waals surface area contributed by atoms with E-state index in [1.54, 1.807) is 23.9 Å². The van der Waals surface area contributed by atoms with Crippen LogP contribution in [0.15, 0.2) is 71.5 Å². The standard InChI is InChI=1S/C36H45N3O5SSi/c1-38(2)25-14-16-29-31(23-25)46(5,22-21-45-20-18-33(40)37-19-10-6-7-13-34(41)42)32-24-26(39(3)4)15-17-30(32)35(29)27-11-8-9-12-28(27)36(43)44/h8-9,11-12,14-17,23-24H,6-7,10,13,18-22H2,1-5H3,(H2-,37,40,41,42,43,44). The van der Waals surface area contributed by atoms with Crippen molar-refractivity contribution in [2.24, 2.45) is 0 Å². The van der Waals surface area contributed by atoms with Crippen LogP contribution < -0.4 is 20.5 Å². The number of hydrogen-bond acceptors (Lipinski definition) is 6. The number of amides is 1. The molecular weight excluding hydrogens is 615 g/mol. The third-order valence-corrected chi connectivity index (χ3v) is 14.6. The summed E-state index contributed by atoms with van der Waals surface area (Å²) in [7, 11) is 5.77.